The van der Waals surface area contributed by atoms with Gasteiger partial charge in [-0.3, -0.25) is 0 Å². The van der Waals surface area contributed by atoms with Crippen LogP contribution in [0.3, 0.4) is 0 Å². The second-order valence-corrected chi connectivity index (χ2v) is 11.1. The second kappa shape index (κ2) is 17.0. The smallest absolute Gasteiger partial charge is 0.391 e. The Bertz CT molecular complexity index is 1150. The number of carbonyl (C=O) groups excluding carboxylic acids is 1. The number of rotatable bonds is 17. The fraction of sp³-hybridized carbons (Fsp3) is 0.472. The Morgan fingerprint density at radius 3 is 1.73 bits per heavy atom. The maximum atomic E-state index is 13.5. The average molecular weight is 567 g/mol. The molecule has 0 saturated carbocycles. The lowest BCUT2D eigenvalue weighted by Gasteiger charge is -2.20. The number of aryl methyl sites for hydroxylation is 2. The lowest BCUT2D eigenvalue weighted by molar-refractivity contribution is -0.178. The molecule has 0 fully saturated rings. The maximum absolute atomic E-state index is 13.5. The summed E-state index contributed by atoms with van der Waals surface area (Å²) in [5.41, 5.74) is 4.73. The zero-order chi connectivity index (χ0) is 29.5. The van der Waals surface area contributed by atoms with E-state index in [1.165, 1.54) is 37.7 Å². The van der Waals surface area contributed by atoms with Crippen molar-refractivity contribution in [1.29, 1.82) is 0 Å². The summed E-state index contributed by atoms with van der Waals surface area (Å²) < 4.78 is 45.9. The number of hydrogen-bond acceptors (Lipinski definition) is 2. The number of ether oxygens (including phenoxy) is 1. The van der Waals surface area contributed by atoms with Crippen molar-refractivity contribution in [2.75, 3.05) is 0 Å². The summed E-state index contributed by atoms with van der Waals surface area (Å²) >= 11 is 0. The number of benzene rings is 3. The van der Waals surface area contributed by atoms with Gasteiger partial charge in [0.15, 0.2) is 0 Å². The number of alkyl halides is 3. The number of halogens is 3. The molecule has 0 bridgehead atoms. The fourth-order valence-corrected chi connectivity index (χ4v) is 5.12. The molecule has 2 nitrogen and oxygen atoms in total. The van der Waals surface area contributed by atoms with E-state index >= 15 is 0 Å². The van der Waals surface area contributed by atoms with E-state index in [0.29, 0.717) is 24.2 Å². The zero-order valence-electron chi connectivity index (χ0n) is 24.6. The highest BCUT2D eigenvalue weighted by atomic mass is 19.4. The second-order valence-electron chi connectivity index (χ2n) is 11.1. The van der Waals surface area contributed by atoms with Crippen LogP contribution in [0.2, 0.25) is 0 Å². The quantitative estimate of drug-likeness (QED) is 0.0923. The molecule has 5 heteroatoms. The van der Waals surface area contributed by atoms with Gasteiger partial charge < -0.3 is 4.74 Å². The van der Waals surface area contributed by atoms with E-state index < -0.39 is 18.1 Å². The van der Waals surface area contributed by atoms with Crippen molar-refractivity contribution in [3.63, 3.8) is 0 Å². The van der Waals surface area contributed by atoms with Gasteiger partial charge in [0.2, 0.25) is 0 Å². The van der Waals surface area contributed by atoms with Crippen molar-refractivity contribution >= 4 is 5.97 Å². The summed E-state index contributed by atoms with van der Waals surface area (Å²) in [5.74, 6) is -1.37. The molecule has 0 radical (unpaired) electrons. The first kappa shape index (κ1) is 32.4. The zero-order valence-corrected chi connectivity index (χ0v) is 24.6. The summed E-state index contributed by atoms with van der Waals surface area (Å²) in [4.78, 5) is 12.7. The van der Waals surface area contributed by atoms with Crippen LogP contribution in [-0.4, -0.2) is 12.1 Å². The van der Waals surface area contributed by atoms with Gasteiger partial charge in [-0.15, -0.1) is 0 Å². The molecular weight excluding hydrogens is 521 g/mol. The lowest BCUT2D eigenvalue weighted by Crippen LogP contribution is -2.23. The molecule has 3 rings (SSSR count). The van der Waals surface area contributed by atoms with Crippen molar-refractivity contribution < 1.29 is 22.7 Å². The first-order chi connectivity index (χ1) is 19.8. The molecule has 222 valence electrons. The highest BCUT2D eigenvalue weighted by Crippen LogP contribution is 2.34. The summed E-state index contributed by atoms with van der Waals surface area (Å²) in [7, 11) is 0. The molecule has 0 spiro atoms. The van der Waals surface area contributed by atoms with Crippen LogP contribution in [0.1, 0.15) is 106 Å². The summed E-state index contributed by atoms with van der Waals surface area (Å²) in [6.07, 6.45) is 7.33. The molecule has 0 heterocycles. The monoisotopic (exact) mass is 566 g/mol. The summed E-state index contributed by atoms with van der Waals surface area (Å²) in [6, 6.07) is 22.7. The van der Waals surface area contributed by atoms with Gasteiger partial charge in [-0.2, -0.15) is 13.2 Å². The molecule has 0 aromatic heterocycles. The molecule has 0 aliphatic carbocycles. The van der Waals surface area contributed by atoms with E-state index in [1.807, 2.05) is 12.1 Å². The summed E-state index contributed by atoms with van der Waals surface area (Å²) in [5, 5.41) is 0. The van der Waals surface area contributed by atoms with Crippen LogP contribution in [0.25, 0.3) is 11.1 Å². The van der Waals surface area contributed by atoms with E-state index in [2.05, 4.69) is 38.1 Å². The Morgan fingerprint density at radius 1 is 0.634 bits per heavy atom. The lowest BCUT2D eigenvalue weighted by atomic mass is 9.93. The van der Waals surface area contributed by atoms with E-state index in [4.69, 9.17) is 4.74 Å². The van der Waals surface area contributed by atoms with Gasteiger partial charge in [0.25, 0.3) is 0 Å². The van der Waals surface area contributed by atoms with E-state index in [1.54, 1.807) is 36.4 Å². The highest BCUT2D eigenvalue weighted by Gasteiger charge is 2.38. The predicted octanol–water partition coefficient (Wildman–Crippen LogP) is 11.2. The minimum Gasteiger partial charge on any atom is -0.423 e. The van der Waals surface area contributed by atoms with Crippen LogP contribution >= 0.6 is 0 Å². The Balaban J connectivity index is 1.48. The fourth-order valence-electron chi connectivity index (χ4n) is 5.12. The van der Waals surface area contributed by atoms with Gasteiger partial charge >= 0.3 is 12.1 Å². The van der Waals surface area contributed by atoms with Gasteiger partial charge in [-0.05, 0) is 78.6 Å². The van der Waals surface area contributed by atoms with E-state index in [9.17, 15) is 18.0 Å². The van der Waals surface area contributed by atoms with Gasteiger partial charge in [0.05, 0.1) is 11.5 Å². The molecule has 41 heavy (non-hydrogen) atoms. The third-order valence-corrected chi connectivity index (χ3v) is 7.76. The molecule has 0 amide bonds. The third kappa shape index (κ3) is 11.4. The Kier molecular flexibility index (Phi) is 13.5. The van der Waals surface area contributed by atoms with Crippen molar-refractivity contribution in [3.05, 3.63) is 89.5 Å². The SMILES string of the molecule is CCCCCCCc1ccc(-c2ccc(C(=O)Oc3ccc(CCC(CCCCCC)C(F)(F)F)cc3)cc2)cc1. The minimum atomic E-state index is -4.17. The molecule has 1 unspecified atom stereocenters. The standard InChI is InChI=1S/C36H45F3O2/c1-3-5-7-9-10-12-28-14-19-30(20-15-28)31-21-23-32(24-22-31)35(40)41-34-26-17-29(18-27-34)16-25-33(36(37,38)39)13-11-8-6-4-2/h14-15,17-24,26-27,33H,3-13,16,25H2,1-2H3. The molecular formula is C36H45F3O2. The Labute approximate surface area is 244 Å². The van der Waals surface area contributed by atoms with E-state index in [-0.39, 0.29) is 12.8 Å². The van der Waals surface area contributed by atoms with Crippen LogP contribution in [-0.2, 0) is 12.8 Å². The number of esters is 1. The van der Waals surface area contributed by atoms with Gasteiger partial charge in [-0.1, -0.05) is 114 Å². The van der Waals surface area contributed by atoms with Crippen LogP contribution in [0.4, 0.5) is 13.2 Å². The molecule has 3 aromatic rings. The number of carbonyl (C=O) groups is 1. The number of unbranched alkanes of at least 4 members (excludes halogenated alkanes) is 7. The van der Waals surface area contributed by atoms with Gasteiger partial charge in [0, 0.05) is 0 Å². The highest BCUT2D eigenvalue weighted by molar-refractivity contribution is 5.91. The van der Waals surface area contributed by atoms with Crippen LogP contribution in [0.5, 0.6) is 5.75 Å². The third-order valence-electron chi connectivity index (χ3n) is 7.76. The molecule has 0 aliphatic heterocycles. The first-order valence-electron chi connectivity index (χ1n) is 15.4. The molecule has 1 atom stereocenters. The van der Waals surface area contributed by atoms with Crippen LogP contribution in [0, 0.1) is 5.92 Å². The molecule has 0 N–H and O–H groups in total. The normalized spacial score (nSPS) is 12.3. The van der Waals surface area contributed by atoms with Crippen molar-refractivity contribution in [1.82, 2.24) is 0 Å². The molecule has 0 saturated heterocycles. The van der Waals surface area contributed by atoms with Crippen molar-refractivity contribution in [2.24, 2.45) is 5.92 Å². The van der Waals surface area contributed by atoms with Crippen molar-refractivity contribution in [2.45, 2.75) is 103 Å². The minimum absolute atomic E-state index is 0.0723. The van der Waals surface area contributed by atoms with Gasteiger partial charge in [0.1, 0.15) is 5.75 Å². The average Bonchev–Trinajstić information content (AvgIpc) is 2.97. The topological polar surface area (TPSA) is 26.3 Å². The Hall–Kier alpha value is -3.08. The van der Waals surface area contributed by atoms with Crippen LogP contribution < -0.4 is 4.74 Å². The van der Waals surface area contributed by atoms with Gasteiger partial charge in [-0.25, -0.2) is 4.79 Å². The van der Waals surface area contributed by atoms with Crippen molar-refractivity contribution in [3.8, 4) is 16.9 Å². The number of hydrogen-bond donors (Lipinski definition) is 0. The first-order valence-corrected chi connectivity index (χ1v) is 15.4. The molecule has 0 aliphatic rings. The Morgan fingerprint density at radius 2 is 1.15 bits per heavy atom. The van der Waals surface area contributed by atoms with Crippen LogP contribution in [0.15, 0.2) is 72.8 Å². The van der Waals surface area contributed by atoms with E-state index in [0.717, 1.165) is 42.4 Å². The largest absolute Gasteiger partial charge is 0.423 e. The summed E-state index contributed by atoms with van der Waals surface area (Å²) in [6.45, 7) is 4.28. The molecule has 3 aromatic carbocycles. The maximum Gasteiger partial charge on any atom is 0.391 e. The predicted molar refractivity (Wildman–Crippen MR) is 162 cm³/mol.